The Morgan fingerprint density at radius 3 is 2.70 bits per heavy atom. The van der Waals surface area contributed by atoms with Gasteiger partial charge in [-0.25, -0.2) is 4.98 Å². The minimum atomic E-state index is -4.73. The second kappa shape index (κ2) is 9.46. The van der Waals surface area contributed by atoms with Crippen molar-refractivity contribution in [3.05, 3.63) is 64.4 Å². The zero-order chi connectivity index (χ0) is 23.6. The van der Waals surface area contributed by atoms with Gasteiger partial charge in [-0.2, -0.15) is 4.98 Å². The summed E-state index contributed by atoms with van der Waals surface area (Å²) < 4.78 is 43.0. The van der Waals surface area contributed by atoms with Gasteiger partial charge in [0.25, 0.3) is 0 Å². The number of ether oxygens (including phenoxy) is 1. The lowest BCUT2D eigenvalue weighted by Crippen LogP contribution is -2.20. The first kappa shape index (κ1) is 23.2. The molecule has 0 amide bonds. The highest BCUT2D eigenvalue weighted by Crippen LogP contribution is 2.30. The number of alkyl halides is 3. The molecule has 33 heavy (non-hydrogen) atoms. The molecule has 1 aliphatic heterocycles. The summed E-state index contributed by atoms with van der Waals surface area (Å²) in [5, 5.41) is 4.27. The second-order valence-corrected chi connectivity index (χ2v) is 8.81. The number of rotatable bonds is 7. The van der Waals surface area contributed by atoms with Crippen LogP contribution in [0.15, 0.2) is 58.8 Å². The first-order valence-corrected chi connectivity index (χ1v) is 11.2. The number of nitrogens with one attached hydrogen (secondary N) is 1. The molecule has 0 saturated heterocycles. The van der Waals surface area contributed by atoms with E-state index in [4.69, 9.17) is 0 Å². The van der Waals surface area contributed by atoms with Crippen LogP contribution in [0.1, 0.15) is 12.0 Å². The van der Waals surface area contributed by atoms with Crippen LogP contribution in [-0.4, -0.2) is 48.4 Å². The third kappa shape index (κ3) is 5.87. The lowest BCUT2D eigenvalue weighted by Gasteiger charge is -2.17. The first-order valence-electron chi connectivity index (χ1n) is 10.4. The van der Waals surface area contributed by atoms with E-state index >= 15 is 0 Å². The van der Waals surface area contributed by atoms with E-state index in [9.17, 15) is 13.2 Å². The van der Waals surface area contributed by atoms with E-state index in [1.807, 2.05) is 49.5 Å². The highest BCUT2D eigenvalue weighted by Gasteiger charge is 2.32. The Morgan fingerprint density at radius 2 is 1.94 bits per heavy atom. The summed E-state index contributed by atoms with van der Waals surface area (Å²) in [5.41, 5.74) is 2.30. The van der Waals surface area contributed by atoms with Crippen LogP contribution in [-0.2, 0) is 6.42 Å². The van der Waals surface area contributed by atoms with Gasteiger partial charge in [0, 0.05) is 55.4 Å². The molecule has 0 saturated carbocycles. The van der Waals surface area contributed by atoms with Crippen molar-refractivity contribution in [3.8, 4) is 5.75 Å². The lowest BCUT2D eigenvalue weighted by atomic mass is 10.1. The average Bonchev–Trinajstić information content (AvgIpc) is 3.18. The second-order valence-electron chi connectivity index (χ2n) is 7.90. The molecule has 2 heterocycles. The van der Waals surface area contributed by atoms with Gasteiger partial charge in [-0.05, 0) is 36.2 Å². The summed E-state index contributed by atoms with van der Waals surface area (Å²) in [6, 6.07) is 12.5. The predicted octanol–water partition coefficient (Wildman–Crippen LogP) is 5.56. The Bertz CT molecular complexity index is 1180. The number of para-hydroxylation sites is 1. The molecule has 3 aromatic rings. The highest BCUT2D eigenvalue weighted by molar-refractivity contribution is 9.10. The van der Waals surface area contributed by atoms with Gasteiger partial charge in [0.15, 0.2) is 0 Å². The summed E-state index contributed by atoms with van der Waals surface area (Å²) in [6.07, 6.45) is -1.58. The molecule has 1 N–H and O–H groups in total. The topological polar surface area (TPSA) is 53.5 Å². The Hall–Kier alpha value is -3.01. The van der Waals surface area contributed by atoms with Crippen molar-refractivity contribution in [2.24, 2.45) is 0 Å². The van der Waals surface area contributed by atoms with E-state index in [0.717, 1.165) is 35.4 Å². The van der Waals surface area contributed by atoms with Crippen molar-refractivity contribution >= 4 is 38.6 Å². The van der Waals surface area contributed by atoms with Gasteiger partial charge in [-0.3, -0.25) is 0 Å². The zero-order valence-corrected chi connectivity index (χ0v) is 19.7. The van der Waals surface area contributed by atoms with Crippen LogP contribution in [0.3, 0.4) is 0 Å². The van der Waals surface area contributed by atoms with Gasteiger partial charge in [0.2, 0.25) is 5.95 Å². The molecule has 0 radical (unpaired) electrons. The molecule has 1 aromatic heterocycles. The van der Waals surface area contributed by atoms with Crippen LogP contribution in [0.2, 0.25) is 0 Å². The molecule has 0 fully saturated rings. The van der Waals surface area contributed by atoms with E-state index in [1.165, 1.54) is 6.07 Å². The fourth-order valence-corrected chi connectivity index (χ4v) is 4.04. The summed E-state index contributed by atoms with van der Waals surface area (Å²) in [7, 11) is 3.88. The van der Waals surface area contributed by atoms with Crippen molar-refractivity contribution in [1.29, 1.82) is 0 Å². The number of aromatic nitrogens is 2. The molecular formula is C23H23BrF3N5O. The standard InChI is InChI=1S/C23H23BrF3N5O/c1-31(2)21-18-5-3-4-6-19(18)29-22(30-21)28-17-10-12-32(14-17)11-9-15-7-8-16(24)13-20(15)33-23(25,26)27/h3-8,13-14H,9-12H2,1-2H3,(H,28,29,30). The minimum absolute atomic E-state index is 0.181. The van der Waals surface area contributed by atoms with Crippen molar-refractivity contribution in [3.63, 3.8) is 0 Å². The van der Waals surface area contributed by atoms with Crippen LogP contribution in [0, 0.1) is 0 Å². The molecule has 2 aromatic carbocycles. The van der Waals surface area contributed by atoms with Gasteiger partial charge < -0.3 is 19.9 Å². The number of hydrogen-bond donors (Lipinski definition) is 1. The van der Waals surface area contributed by atoms with E-state index < -0.39 is 6.36 Å². The number of hydrogen-bond acceptors (Lipinski definition) is 6. The number of fused-ring (bicyclic) bond motifs is 1. The molecule has 10 heteroatoms. The number of benzene rings is 2. The van der Waals surface area contributed by atoms with Gasteiger partial charge in [-0.1, -0.05) is 34.1 Å². The number of anilines is 2. The van der Waals surface area contributed by atoms with Crippen molar-refractivity contribution in [2.45, 2.75) is 19.2 Å². The van der Waals surface area contributed by atoms with Crippen molar-refractivity contribution < 1.29 is 17.9 Å². The monoisotopic (exact) mass is 521 g/mol. The summed E-state index contributed by atoms with van der Waals surface area (Å²) in [5.74, 6) is 1.16. The number of nitrogens with zero attached hydrogens (tertiary/aromatic N) is 4. The Labute approximate surface area is 198 Å². The molecular weight excluding hydrogens is 499 g/mol. The highest BCUT2D eigenvalue weighted by atomic mass is 79.9. The molecule has 0 unspecified atom stereocenters. The molecule has 1 aliphatic rings. The smallest absolute Gasteiger partial charge is 0.405 e. The Balaban J connectivity index is 1.45. The summed E-state index contributed by atoms with van der Waals surface area (Å²) in [4.78, 5) is 13.3. The molecule has 0 bridgehead atoms. The number of halogens is 4. The maximum absolute atomic E-state index is 12.7. The van der Waals surface area contributed by atoms with Crippen molar-refractivity contribution in [1.82, 2.24) is 14.9 Å². The largest absolute Gasteiger partial charge is 0.573 e. The van der Waals surface area contributed by atoms with Gasteiger partial charge in [0.05, 0.1) is 5.52 Å². The third-order valence-electron chi connectivity index (χ3n) is 5.21. The van der Waals surface area contributed by atoms with Gasteiger partial charge >= 0.3 is 6.36 Å². The zero-order valence-electron chi connectivity index (χ0n) is 18.2. The van der Waals surface area contributed by atoms with Crippen LogP contribution in [0.25, 0.3) is 10.9 Å². The molecule has 6 nitrogen and oxygen atoms in total. The molecule has 0 spiro atoms. The van der Waals surface area contributed by atoms with Crippen molar-refractivity contribution in [2.75, 3.05) is 37.4 Å². The minimum Gasteiger partial charge on any atom is -0.405 e. The summed E-state index contributed by atoms with van der Waals surface area (Å²) in [6.45, 7) is 1.31. The Morgan fingerprint density at radius 1 is 1.15 bits per heavy atom. The maximum Gasteiger partial charge on any atom is 0.573 e. The molecule has 0 atom stereocenters. The van der Waals surface area contributed by atoms with E-state index in [0.29, 0.717) is 29.0 Å². The van der Waals surface area contributed by atoms with E-state index in [-0.39, 0.29) is 5.75 Å². The van der Waals surface area contributed by atoms with Gasteiger partial charge in [-0.15, -0.1) is 13.2 Å². The maximum atomic E-state index is 12.7. The molecule has 0 aliphatic carbocycles. The van der Waals surface area contributed by atoms with Gasteiger partial charge in [0.1, 0.15) is 11.6 Å². The summed E-state index contributed by atoms with van der Waals surface area (Å²) >= 11 is 3.20. The van der Waals surface area contributed by atoms with E-state index in [1.54, 1.807) is 12.1 Å². The van der Waals surface area contributed by atoms with Crippen LogP contribution in [0.5, 0.6) is 5.75 Å². The molecule has 174 valence electrons. The fraction of sp³-hybridized carbons (Fsp3) is 0.304. The Kier molecular flexibility index (Phi) is 6.64. The normalized spacial score (nSPS) is 13.9. The third-order valence-corrected chi connectivity index (χ3v) is 5.70. The fourth-order valence-electron chi connectivity index (χ4n) is 3.70. The van der Waals surface area contributed by atoms with Crippen LogP contribution >= 0.6 is 15.9 Å². The predicted molar refractivity (Wildman–Crippen MR) is 126 cm³/mol. The molecule has 4 rings (SSSR count). The first-order chi connectivity index (χ1) is 15.7. The van der Waals surface area contributed by atoms with Crippen LogP contribution < -0.4 is 15.0 Å². The average molecular weight is 522 g/mol. The van der Waals surface area contributed by atoms with E-state index in [2.05, 4.69) is 40.9 Å². The van der Waals surface area contributed by atoms with Crippen LogP contribution in [0.4, 0.5) is 24.9 Å². The lowest BCUT2D eigenvalue weighted by molar-refractivity contribution is -0.274. The quantitative estimate of drug-likeness (QED) is 0.439. The SMILES string of the molecule is CN(C)c1nc(NC2=CN(CCc3ccc(Br)cc3OC(F)(F)F)CC2)nc2ccccc12.